The van der Waals surface area contributed by atoms with Crippen LogP contribution in [0.2, 0.25) is 0 Å². The Kier molecular flexibility index (Phi) is 3.72. The van der Waals surface area contributed by atoms with E-state index in [-0.39, 0.29) is 6.03 Å². The Hall–Kier alpha value is -2.76. The first-order chi connectivity index (χ1) is 11.7. The summed E-state index contributed by atoms with van der Waals surface area (Å²) in [5, 5.41) is 7.83. The van der Waals surface area contributed by atoms with Crippen molar-refractivity contribution in [3.8, 4) is 0 Å². The van der Waals surface area contributed by atoms with Crippen LogP contribution in [0.5, 0.6) is 0 Å². The van der Waals surface area contributed by atoms with E-state index in [0.29, 0.717) is 17.5 Å². The lowest BCUT2D eigenvalue weighted by atomic mass is 9.94. The number of hydrogen-bond acceptors (Lipinski definition) is 3. The van der Waals surface area contributed by atoms with Crippen molar-refractivity contribution < 1.29 is 9.32 Å². The first-order valence-electron chi connectivity index (χ1n) is 8.26. The number of carbonyl (C=O) groups is 1. The molecule has 0 aliphatic carbocycles. The number of amides is 2. The summed E-state index contributed by atoms with van der Waals surface area (Å²) >= 11 is 0. The molecule has 1 aliphatic rings. The highest BCUT2D eigenvalue weighted by Crippen LogP contribution is 2.30. The Morgan fingerprint density at radius 1 is 1.29 bits per heavy atom. The van der Waals surface area contributed by atoms with E-state index in [1.165, 1.54) is 16.6 Å². The van der Waals surface area contributed by atoms with Crippen LogP contribution in [0.25, 0.3) is 10.9 Å². The molecule has 1 fully saturated rings. The predicted molar refractivity (Wildman–Crippen MR) is 92.1 cm³/mol. The molecule has 24 heavy (non-hydrogen) atoms. The summed E-state index contributed by atoms with van der Waals surface area (Å²) in [6.45, 7) is 3.28. The normalized spacial score (nSPS) is 15.8. The first kappa shape index (κ1) is 14.8. The van der Waals surface area contributed by atoms with Gasteiger partial charge in [-0.05, 0) is 37.3 Å². The van der Waals surface area contributed by atoms with Crippen molar-refractivity contribution in [3.05, 3.63) is 47.9 Å². The van der Waals surface area contributed by atoms with Gasteiger partial charge in [0.15, 0.2) is 5.82 Å². The third kappa shape index (κ3) is 2.87. The number of benzene rings is 1. The quantitative estimate of drug-likeness (QED) is 0.751. The number of likely N-dealkylation sites (tertiary alicyclic amines) is 1. The van der Waals surface area contributed by atoms with Gasteiger partial charge in [0, 0.05) is 36.3 Å². The van der Waals surface area contributed by atoms with Gasteiger partial charge in [0.2, 0.25) is 0 Å². The van der Waals surface area contributed by atoms with Gasteiger partial charge in [0.25, 0.3) is 0 Å². The molecular formula is C18H20N4O2. The molecule has 2 N–H and O–H groups in total. The van der Waals surface area contributed by atoms with E-state index in [1.807, 2.05) is 11.0 Å². The molecule has 0 unspecified atom stereocenters. The molecule has 0 saturated carbocycles. The minimum absolute atomic E-state index is 0.113. The van der Waals surface area contributed by atoms with E-state index in [1.54, 1.807) is 13.0 Å². The maximum absolute atomic E-state index is 12.3. The molecule has 124 valence electrons. The van der Waals surface area contributed by atoms with Gasteiger partial charge in [-0.15, -0.1) is 0 Å². The van der Waals surface area contributed by atoms with Crippen LogP contribution in [0.1, 0.15) is 30.2 Å². The molecule has 2 amide bonds. The number of para-hydroxylation sites is 1. The molecule has 0 bridgehead atoms. The van der Waals surface area contributed by atoms with Crippen molar-refractivity contribution in [1.82, 2.24) is 15.0 Å². The van der Waals surface area contributed by atoms with Crippen LogP contribution in [-0.4, -0.2) is 34.2 Å². The van der Waals surface area contributed by atoms with E-state index in [0.717, 1.165) is 25.9 Å². The van der Waals surface area contributed by atoms with Crippen LogP contribution in [0, 0.1) is 6.92 Å². The minimum atomic E-state index is -0.113. The maximum Gasteiger partial charge on any atom is 0.323 e. The van der Waals surface area contributed by atoms with Crippen molar-refractivity contribution >= 4 is 22.8 Å². The number of anilines is 1. The smallest absolute Gasteiger partial charge is 0.323 e. The summed E-state index contributed by atoms with van der Waals surface area (Å²) in [4.78, 5) is 17.6. The van der Waals surface area contributed by atoms with Gasteiger partial charge in [-0.2, -0.15) is 0 Å². The van der Waals surface area contributed by atoms with Gasteiger partial charge in [0.1, 0.15) is 5.76 Å². The fourth-order valence-corrected chi connectivity index (χ4v) is 3.32. The van der Waals surface area contributed by atoms with Gasteiger partial charge >= 0.3 is 6.03 Å². The largest absolute Gasteiger partial charge is 0.360 e. The molecule has 3 aromatic rings. The minimum Gasteiger partial charge on any atom is -0.360 e. The van der Waals surface area contributed by atoms with Gasteiger partial charge in [-0.25, -0.2) is 4.79 Å². The SMILES string of the molecule is Cc1cc(NC(=O)N2CCC(c3cc4ccccc4[nH]3)CC2)no1. The number of fused-ring (bicyclic) bond motifs is 1. The van der Waals surface area contributed by atoms with Crippen LogP contribution >= 0.6 is 0 Å². The second-order valence-corrected chi connectivity index (χ2v) is 6.33. The molecule has 1 saturated heterocycles. The van der Waals surface area contributed by atoms with E-state index >= 15 is 0 Å². The Bertz CT molecular complexity index is 826. The van der Waals surface area contributed by atoms with Gasteiger partial charge in [-0.1, -0.05) is 23.4 Å². The van der Waals surface area contributed by atoms with E-state index in [4.69, 9.17) is 4.52 Å². The molecular weight excluding hydrogens is 304 g/mol. The lowest BCUT2D eigenvalue weighted by Gasteiger charge is -2.31. The lowest BCUT2D eigenvalue weighted by Crippen LogP contribution is -2.40. The fourth-order valence-electron chi connectivity index (χ4n) is 3.32. The average molecular weight is 324 g/mol. The molecule has 6 heteroatoms. The Morgan fingerprint density at radius 2 is 2.08 bits per heavy atom. The van der Waals surface area contributed by atoms with Crippen molar-refractivity contribution in [2.24, 2.45) is 0 Å². The average Bonchev–Trinajstić information content (AvgIpc) is 3.21. The van der Waals surface area contributed by atoms with Crippen LogP contribution in [0.4, 0.5) is 10.6 Å². The van der Waals surface area contributed by atoms with Crippen molar-refractivity contribution in [2.45, 2.75) is 25.7 Å². The van der Waals surface area contributed by atoms with E-state index < -0.39 is 0 Å². The summed E-state index contributed by atoms with van der Waals surface area (Å²) < 4.78 is 4.97. The number of nitrogens with one attached hydrogen (secondary N) is 2. The third-order valence-electron chi connectivity index (χ3n) is 4.64. The number of aromatic nitrogens is 2. The number of piperidine rings is 1. The predicted octanol–water partition coefficient (Wildman–Crippen LogP) is 3.88. The van der Waals surface area contributed by atoms with Gasteiger partial charge in [-0.3, -0.25) is 5.32 Å². The molecule has 6 nitrogen and oxygen atoms in total. The monoisotopic (exact) mass is 324 g/mol. The zero-order valence-corrected chi connectivity index (χ0v) is 13.6. The fraction of sp³-hybridized carbons (Fsp3) is 0.333. The topological polar surface area (TPSA) is 74.2 Å². The number of hydrogen-bond donors (Lipinski definition) is 2. The maximum atomic E-state index is 12.3. The molecule has 2 aromatic heterocycles. The van der Waals surface area contributed by atoms with Crippen LogP contribution in [-0.2, 0) is 0 Å². The number of urea groups is 1. The first-order valence-corrected chi connectivity index (χ1v) is 8.26. The zero-order chi connectivity index (χ0) is 16.5. The van der Waals surface area contributed by atoms with Crippen LogP contribution < -0.4 is 5.32 Å². The number of rotatable bonds is 2. The number of aromatic amines is 1. The Morgan fingerprint density at radius 3 is 2.79 bits per heavy atom. The third-order valence-corrected chi connectivity index (χ3v) is 4.64. The second kappa shape index (κ2) is 6.03. The summed E-state index contributed by atoms with van der Waals surface area (Å²) in [6.07, 6.45) is 1.91. The number of aryl methyl sites for hydroxylation is 1. The molecule has 1 aromatic carbocycles. The molecule has 0 radical (unpaired) electrons. The highest BCUT2D eigenvalue weighted by molar-refractivity contribution is 5.88. The van der Waals surface area contributed by atoms with Gasteiger partial charge < -0.3 is 14.4 Å². The number of nitrogens with zero attached hydrogens (tertiary/aromatic N) is 2. The summed E-state index contributed by atoms with van der Waals surface area (Å²) in [6, 6.07) is 12.2. The molecule has 3 heterocycles. The lowest BCUT2D eigenvalue weighted by molar-refractivity contribution is 0.194. The molecule has 1 aliphatic heterocycles. The number of H-pyrrole nitrogens is 1. The molecule has 0 atom stereocenters. The summed E-state index contributed by atoms with van der Waals surface area (Å²) in [7, 11) is 0. The highest BCUT2D eigenvalue weighted by atomic mass is 16.5. The standard InChI is InChI=1S/C18H20N4O2/c1-12-10-17(21-24-12)20-18(23)22-8-6-13(7-9-22)16-11-14-4-2-3-5-15(14)19-16/h2-5,10-11,13,19H,6-9H2,1H3,(H,20,21,23). The highest BCUT2D eigenvalue weighted by Gasteiger charge is 2.25. The number of carbonyl (C=O) groups excluding carboxylic acids is 1. The van der Waals surface area contributed by atoms with Crippen molar-refractivity contribution in [1.29, 1.82) is 0 Å². The Balaban J connectivity index is 1.38. The molecule has 0 spiro atoms. The van der Waals surface area contributed by atoms with Crippen LogP contribution in [0.15, 0.2) is 40.9 Å². The zero-order valence-electron chi connectivity index (χ0n) is 13.6. The van der Waals surface area contributed by atoms with Crippen molar-refractivity contribution in [3.63, 3.8) is 0 Å². The second-order valence-electron chi connectivity index (χ2n) is 6.33. The Labute approximate surface area is 139 Å². The van der Waals surface area contributed by atoms with E-state index in [2.05, 4.69) is 39.7 Å². The van der Waals surface area contributed by atoms with Crippen LogP contribution in [0.3, 0.4) is 0 Å². The summed E-state index contributed by atoms with van der Waals surface area (Å²) in [5.74, 6) is 1.62. The van der Waals surface area contributed by atoms with E-state index in [9.17, 15) is 4.79 Å². The summed E-state index contributed by atoms with van der Waals surface area (Å²) in [5.41, 5.74) is 2.44. The van der Waals surface area contributed by atoms with Gasteiger partial charge in [0.05, 0.1) is 0 Å². The van der Waals surface area contributed by atoms with Crippen molar-refractivity contribution in [2.75, 3.05) is 18.4 Å². The molecule has 4 rings (SSSR count).